The molecule has 2 heterocycles. The molecular weight excluding hydrogens is 382 g/mol. The predicted molar refractivity (Wildman–Crippen MR) is 94.9 cm³/mol. The minimum absolute atomic E-state index is 0.0439. The Hall–Kier alpha value is -2.20. The van der Waals surface area contributed by atoms with Crippen molar-refractivity contribution in [2.45, 2.75) is 17.4 Å². The zero-order valence-corrected chi connectivity index (χ0v) is 15.1. The molecule has 1 atom stereocenters. The molecule has 138 valence electrons. The van der Waals surface area contributed by atoms with Gasteiger partial charge < -0.3 is 14.8 Å². The summed E-state index contributed by atoms with van der Waals surface area (Å²) in [6, 6.07) is 6.93. The highest BCUT2D eigenvalue weighted by Crippen LogP contribution is 2.25. The third kappa shape index (κ3) is 4.50. The minimum atomic E-state index is -3.78. The number of ether oxygens (including phenoxy) is 2. The van der Waals surface area contributed by atoms with Gasteiger partial charge in [-0.3, -0.25) is 4.79 Å². The molecule has 1 unspecified atom stereocenters. The summed E-state index contributed by atoms with van der Waals surface area (Å²) in [6.07, 6.45) is 2.01. The highest BCUT2D eigenvalue weighted by Gasteiger charge is 2.20. The van der Waals surface area contributed by atoms with E-state index in [1.807, 2.05) is 0 Å². The number of carbonyl (C=O) groups excluding carboxylic acids is 1. The molecule has 3 rings (SSSR count). The Morgan fingerprint density at radius 2 is 2.08 bits per heavy atom. The Morgan fingerprint density at radius 1 is 1.35 bits per heavy atom. The molecule has 1 fully saturated rings. The fraction of sp³-hybridized carbons (Fsp3) is 0.250. The number of nitrogens with zero attached hydrogens (tertiary/aromatic N) is 1. The average Bonchev–Trinajstić information content (AvgIpc) is 3.09. The second-order valence-electron chi connectivity index (χ2n) is 5.64. The van der Waals surface area contributed by atoms with Crippen LogP contribution in [0.2, 0.25) is 5.02 Å². The maximum absolute atomic E-state index is 12.3. The molecule has 0 radical (unpaired) electrons. The molecule has 1 aliphatic heterocycles. The van der Waals surface area contributed by atoms with Gasteiger partial charge in [0.1, 0.15) is 11.1 Å². The van der Waals surface area contributed by atoms with E-state index in [0.717, 1.165) is 6.42 Å². The first kappa shape index (κ1) is 18.6. The number of rotatable bonds is 5. The summed E-state index contributed by atoms with van der Waals surface area (Å²) in [5, 5.41) is 7.87. The number of benzene rings is 1. The minimum Gasteiger partial charge on any atom is -0.471 e. The van der Waals surface area contributed by atoms with Crippen LogP contribution in [-0.2, 0) is 14.8 Å². The van der Waals surface area contributed by atoms with E-state index in [-0.39, 0.29) is 27.5 Å². The fourth-order valence-corrected chi connectivity index (χ4v) is 3.06. The topological polar surface area (TPSA) is 121 Å². The van der Waals surface area contributed by atoms with Crippen LogP contribution in [0.4, 0.5) is 5.69 Å². The van der Waals surface area contributed by atoms with E-state index >= 15 is 0 Å². The maximum atomic E-state index is 12.3. The summed E-state index contributed by atoms with van der Waals surface area (Å²) in [5.41, 5.74) is 0.641. The van der Waals surface area contributed by atoms with Crippen LogP contribution < -0.4 is 15.2 Å². The standard InChI is InChI=1S/C16H16ClN3O5S/c17-14-7-10(8-19-16(14)25-12-5-6-24-9-12)15(21)20-11-1-3-13(4-2-11)26(18,22)23/h1-4,7-8,12H,5-6,9H2,(H,20,21)(H2,18,22,23). The molecule has 0 bridgehead atoms. The van der Waals surface area contributed by atoms with Gasteiger partial charge in [-0.1, -0.05) is 11.6 Å². The van der Waals surface area contributed by atoms with Crippen LogP contribution in [0.1, 0.15) is 16.8 Å². The summed E-state index contributed by atoms with van der Waals surface area (Å²) in [7, 11) is -3.78. The SMILES string of the molecule is NS(=O)(=O)c1ccc(NC(=O)c2cnc(OC3CCOC3)c(Cl)c2)cc1. The number of hydrogen-bond acceptors (Lipinski definition) is 6. The number of aromatic nitrogens is 1. The lowest BCUT2D eigenvalue weighted by Crippen LogP contribution is -2.17. The molecule has 0 spiro atoms. The molecule has 1 aromatic carbocycles. The third-order valence-corrected chi connectivity index (χ3v) is 4.88. The quantitative estimate of drug-likeness (QED) is 0.793. The van der Waals surface area contributed by atoms with Crippen molar-refractivity contribution in [3.05, 3.63) is 47.1 Å². The molecule has 3 N–H and O–H groups in total. The summed E-state index contributed by atoms with van der Waals surface area (Å²) in [4.78, 5) is 16.3. The lowest BCUT2D eigenvalue weighted by Gasteiger charge is -2.12. The highest BCUT2D eigenvalue weighted by atomic mass is 35.5. The fourth-order valence-electron chi connectivity index (χ4n) is 2.33. The third-order valence-electron chi connectivity index (χ3n) is 3.68. The summed E-state index contributed by atoms with van der Waals surface area (Å²) in [5.74, 6) is -0.199. The molecule has 1 aromatic heterocycles. The average molecular weight is 398 g/mol. The number of primary sulfonamides is 1. The zero-order chi connectivity index (χ0) is 18.7. The molecule has 0 saturated carbocycles. The molecule has 26 heavy (non-hydrogen) atoms. The van der Waals surface area contributed by atoms with E-state index in [9.17, 15) is 13.2 Å². The van der Waals surface area contributed by atoms with Gasteiger partial charge in [0, 0.05) is 18.3 Å². The molecular formula is C16H16ClN3O5S. The molecule has 1 amide bonds. The summed E-state index contributed by atoms with van der Waals surface area (Å²) in [6.45, 7) is 1.11. The van der Waals surface area contributed by atoms with E-state index in [1.54, 1.807) is 0 Å². The Balaban J connectivity index is 1.68. The smallest absolute Gasteiger partial charge is 0.257 e. The summed E-state index contributed by atoms with van der Waals surface area (Å²) < 4.78 is 33.3. The Kier molecular flexibility index (Phi) is 5.42. The molecule has 2 aromatic rings. The van der Waals surface area contributed by atoms with Crippen molar-refractivity contribution in [2.75, 3.05) is 18.5 Å². The Labute approximate surface area is 155 Å². The van der Waals surface area contributed by atoms with E-state index in [4.69, 9.17) is 26.2 Å². The van der Waals surface area contributed by atoms with E-state index in [0.29, 0.717) is 18.9 Å². The van der Waals surface area contributed by atoms with Gasteiger partial charge >= 0.3 is 0 Å². The number of anilines is 1. The second-order valence-corrected chi connectivity index (χ2v) is 7.61. The predicted octanol–water partition coefficient (Wildman–Crippen LogP) is 1.80. The van der Waals surface area contributed by atoms with E-state index in [2.05, 4.69) is 10.3 Å². The molecule has 1 aliphatic rings. The first-order valence-corrected chi connectivity index (χ1v) is 9.59. The van der Waals surface area contributed by atoms with Crippen LogP contribution in [0.3, 0.4) is 0 Å². The van der Waals surface area contributed by atoms with Gasteiger partial charge in [0.05, 0.1) is 23.7 Å². The van der Waals surface area contributed by atoms with Crippen molar-refractivity contribution in [3.8, 4) is 5.88 Å². The Bertz CT molecular complexity index is 912. The lowest BCUT2D eigenvalue weighted by molar-refractivity contribution is 0.102. The first-order chi connectivity index (χ1) is 12.3. The highest BCUT2D eigenvalue weighted by molar-refractivity contribution is 7.89. The van der Waals surface area contributed by atoms with Gasteiger partial charge in [-0.15, -0.1) is 0 Å². The zero-order valence-electron chi connectivity index (χ0n) is 13.5. The number of nitrogens with one attached hydrogen (secondary N) is 1. The number of nitrogens with two attached hydrogens (primary N) is 1. The maximum Gasteiger partial charge on any atom is 0.257 e. The second kappa shape index (κ2) is 7.58. The lowest BCUT2D eigenvalue weighted by atomic mass is 10.2. The molecule has 8 nitrogen and oxygen atoms in total. The Morgan fingerprint density at radius 3 is 2.65 bits per heavy atom. The van der Waals surface area contributed by atoms with Crippen molar-refractivity contribution in [1.82, 2.24) is 4.98 Å². The molecule has 10 heteroatoms. The number of pyridine rings is 1. The number of sulfonamides is 1. The van der Waals surface area contributed by atoms with Crippen molar-refractivity contribution in [2.24, 2.45) is 5.14 Å². The van der Waals surface area contributed by atoms with Gasteiger partial charge in [-0.2, -0.15) is 0 Å². The van der Waals surface area contributed by atoms with Crippen LogP contribution in [-0.4, -0.2) is 38.6 Å². The van der Waals surface area contributed by atoms with Crippen LogP contribution in [0.25, 0.3) is 0 Å². The molecule has 0 aliphatic carbocycles. The van der Waals surface area contributed by atoms with E-state index < -0.39 is 15.9 Å². The summed E-state index contributed by atoms with van der Waals surface area (Å²) >= 11 is 6.14. The van der Waals surface area contributed by atoms with Crippen LogP contribution in [0.5, 0.6) is 5.88 Å². The van der Waals surface area contributed by atoms with Crippen molar-refractivity contribution < 1.29 is 22.7 Å². The monoisotopic (exact) mass is 397 g/mol. The van der Waals surface area contributed by atoms with Crippen molar-refractivity contribution in [1.29, 1.82) is 0 Å². The van der Waals surface area contributed by atoms with Gasteiger partial charge in [0.25, 0.3) is 5.91 Å². The number of amides is 1. The first-order valence-electron chi connectivity index (χ1n) is 7.67. The number of halogens is 1. The van der Waals surface area contributed by atoms with Crippen molar-refractivity contribution >= 4 is 33.2 Å². The van der Waals surface area contributed by atoms with Gasteiger partial charge in [0.2, 0.25) is 15.9 Å². The number of carbonyl (C=O) groups is 1. The molecule has 1 saturated heterocycles. The van der Waals surface area contributed by atoms with Crippen LogP contribution in [0, 0.1) is 0 Å². The van der Waals surface area contributed by atoms with Gasteiger partial charge in [-0.25, -0.2) is 18.5 Å². The van der Waals surface area contributed by atoms with Gasteiger partial charge in [0.15, 0.2) is 0 Å². The normalized spacial score (nSPS) is 17.1. The van der Waals surface area contributed by atoms with Crippen molar-refractivity contribution in [3.63, 3.8) is 0 Å². The number of hydrogen-bond donors (Lipinski definition) is 2. The van der Waals surface area contributed by atoms with Gasteiger partial charge in [-0.05, 0) is 30.3 Å². The van der Waals surface area contributed by atoms with Crippen LogP contribution in [0.15, 0.2) is 41.4 Å². The van der Waals surface area contributed by atoms with E-state index in [1.165, 1.54) is 36.5 Å². The van der Waals surface area contributed by atoms with Crippen LogP contribution >= 0.6 is 11.6 Å². The largest absolute Gasteiger partial charge is 0.471 e.